The van der Waals surface area contributed by atoms with Crippen LogP contribution in [0.2, 0.25) is 0 Å². The fourth-order valence-electron chi connectivity index (χ4n) is 2.10. The summed E-state index contributed by atoms with van der Waals surface area (Å²) in [6.07, 6.45) is 0.488. The van der Waals surface area contributed by atoms with E-state index >= 15 is 0 Å². The van der Waals surface area contributed by atoms with Crippen molar-refractivity contribution >= 4 is 5.97 Å². The summed E-state index contributed by atoms with van der Waals surface area (Å²) in [4.78, 5) is 16.0. The molecule has 3 aromatic rings. The van der Waals surface area contributed by atoms with E-state index in [-0.39, 0.29) is 19.0 Å². The van der Waals surface area contributed by atoms with E-state index in [1.54, 1.807) is 13.0 Å². The highest BCUT2D eigenvalue weighted by molar-refractivity contribution is 5.69. The van der Waals surface area contributed by atoms with Gasteiger partial charge in [0.1, 0.15) is 18.1 Å². The maximum absolute atomic E-state index is 11.7. The van der Waals surface area contributed by atoms with Gasteiger partial charge in [-0.3, -0.25) is 4.79 Å². The molecule has 0 amide bonds. The van der Waals surface area contributed by atoms with Crippen molar-refractivity contribution in [3.8, 4) is 11.4 Å². The van der Waals surface area contributed by atoms with Crippen LogP contribution in [0.4, 0.5) is 0 Å². The number of aryl methyl sites for hydroxylation is 3. The second-order valence-electron chi connectivity index (χ2n) is 5.47. The van der Waals surface area contributed by atoms with Crippen molar-refractivity contribution in [1.82, 2.24) is 15.3 Å². The second-order valence-corrected chi connectivity index (χ2v) is 5.47. The fourth-order valence-corrected chi connectivity index (χ4v) is 2.10. The van der Waals surface area contributed by atoms with E-state index in [0.29, 0.717) is 29.6 Å². The maximum Gasteiger partial charge on any atom is 0.306 e. The summed E-state index contributed by atoms with van der Waals surface area (Å²) in [5.41, 5.74) is 2.62. The van der Waals surface area contributed by atoms with Gasteiger partial charge < -0.3 is 13.8 Å². The van der Waals surface area contributed by atoms with Crippen LogP contribution >= 0.6 is 0 Å². The Morgan fingerprint density at radius 1 is 1.12 bits per heavy atom. The Balaban J connectivity index is 1.49. The second kappa shape index (κ2) is 7.08. The van der Waals surface area contributed by atoms with Gasteiger partial charge in [0.15, 0.2) is 0 Å². The molecule has 124 valence electrons. The van der Waals surface area contributed by atoms with Crippen LogP contribution in [-0.4, -0.2) is 21.3 Å². The van der Waals surface area contributed by atoms with Gasteiger partial charge in [-0.05, 0) is 13.8 Å². The molecule has 0 aliphatic rings. The maximum atomic E-state index is 11.7. The Morgan fingerprint density at radius 3 is 2.62 bits per heavy atom. The first-order valence-corrected chi connectivity index (χ1v) is 7.57. The van der Waals surface area contributed by atoms with Crippen LogP contribution in [-0.2, 0) is 22.6 Å². The number of ether oxygens (including phenoxy) is 1. The first-order valence-electron chi connectivity index (χ1n) is 7.57. The quantitative estimate of drug-likeness (QED) is 0.643. The van der Waals surface area contributed by atoms with Crippen molar-refractivity contribution in [1.29, 1.82) is 0 Å². The number of carbonyl (C=O) groups is 1. The summed E-state index contributed by atoms with van der Waals surface area (Å²) in [6, 6.07) is 9.54. The summed E-state index contributed by atoms with van der Waals surface area (Å²) < 4.78 is 15.2. The average molecular weight is 327 g/mol. The van der Waals surface area contributed by atoms with Crippen molar-refractivity contribution in [2.24, 2.45) is 0 Å². The van der Waals surface area contributed by atoms with E-state index in [0.717, 1.165) is 11.1 Å². The van der Waals surface area contributed by atoms with E-state index < -0.39 is 0 Å². The van der Waals surface area contributed by atoms with Crippen LogP contribution in [0.25, 0.3) is 11.4 Å². The molecule has 0 aliphatic carbocycles. The minimum absolute atomic E-state index is 0.0919. The highest BCUT2D eigenvalue weighted by Gasteiger charge is 2.12. The van der Waals surface area contributed by atoms with Gasteiger partial charge >= 0.3 is 5.97 Å². The monoisotopic (exact) mass is 327 g/mol. The van der Waals surface area contributed by atoms with Crippen molar-refractivity contribution in [3.63, 3.8) is 0 Å². The third-order valence-electron chi connectivity index (χ3n) is 3.38. The third kappa shape index (κ3) is 4.07. The molecule has 0 bridgehead atoms. The molecule has 0 unspecified atom stereocenters. The SMILES string of the molecule is Cc1ccc(-c2noc(CCC(=O)OCc3cc(C)on3)n2)cc1. The molecule has 0 fully saturated rings. The van der Waals surface area contributed by atoms with E-state index in [9.17, 15) is 4.79 Å². The van der Waals surface area contributed by atoms with Crippen LogP contribution < -0.4 is 0 Å². The molecule has 0 atom stereocenters. The number of rotatable bonds is 6. The molecule has 2 aromatic heterocycles. The van der Waals surface area contributed by atoms with E-state index in [2.05, 4.69) is 15.3 Å². The lowest BCUT2D eigenvalue weighted by Crippen LogP contribution is -2.06. The van der Waals surface area contributed by atoms with Crippen LogP contribution in [0.5, 0.6) is 0 Å². The minimum Gasteiger partial charge on any atom is -0.459 e. The van der Waals surface area contributed by atoms with Gasteiger partial charge in [0.2, 0.25) is 11.7 Å². The van der Waals surface area contributed by atoms with E-state index in [1.165, 1.54) is 0 Å². The molecule has 0 spiro atoms. The van der Waals surface area contributed by atoms with Crippen molar-refractivity contribution in [3.05, 3.63) is 53.2 Å². The Labute approximate surface area is 138 Å². The predicted octanol–water partition coefficient (Wildman–Crippen LogP) is 3.02. The molecule has 2 heterocycles. The van der Waals surface area contributed by atoms with Crippen LogP contribution in [0.15, 0.2) is 39.4 Å². The number of aromatic nitrogens is 3. The third-order valence-corrected chi connectivity index (χ3v) is 3.38. The summed E-state index contributed by atoms with van der Waals surface area (Å²) in [6.45, 7) is 3.88. The Bertz CT molecular complexity index is 820. The van der Waals surface area contributed by atoms with Crippen molar-refractivity contribution in [2.75, 3.05) is 0 Å². The van der Waals surface area contributed by atoms with Gasteiger partial charge in [-0.2, -0.15) is 4.98 Å². The number of hydrogen-bond acceptors (Lipinski definition) is 7. The number of nitrogens with zero attached hydrogens (tertiary/aromatic N) is 3. The summed E-state index contributed by atoms with van der Waals surface area (Å²) in [7, 11) is 0. The van der Waals surface area contributed by atoms with Crippen molar-refractivity contribution < 1.29 is 18.6 Å². The summed E-state index contributed by atoms with van der Waals surface area (Å²) in [5.74, 6) is 1.23. The molecule has 7 heteroatoms. The van der Waals surface area contributed by atoms with Gasteiger partial charge in [-0.1, -0.05) is 40.1 Å². The lowest BCUT2D eigenvalue weighted by Gasteiger charge is -2.00. The predicted molar refractivity (Wildman–Crippen MR) is 83.8 cm³/mol. The number of esters is 1. The first-order chi connectivity index (χ1) is 11.6. The van der Waals surface area contributed by atoms with Crippen LogP contribution in [0, 0.1) is 13.8 Å². The van der Waals surface area contributed by atoms with Gasteiger partial charge in [-0.15, -0.1) is 0 Å². The van der Waals surface area contributed by atoms with Gasteiger partial charge in [0.25, 0.3) is 0 Å². The first kappa shape index (κ1) is 15.9. The Hall–Kier alpha value is -2.96. The lowest BCUT2D eigenvalue weighted by atomic mass is 10.1. The van der Waals surface area contributed by atoms with Gasteiger partial charge in [-0.25, -0.2) is 0 Å². The molecule has 0 saturated carbocycles. The highest BCUT2D eigenvalue weighted by atomic mass is 16.5. The van der Waals surface area contributed by atoms with E-state index in [4.69, 9.17) is 13.8 Å². The van der Waals surface area contributed by atoms with Gasteiger partial charge in [0, 0.05) is 18.1 Å². The summed E-state index contributed by atoms with van der Waals surface area (Å²) in [5, 5.41) is 7.69. The number of carbonyl (C=O) groups excluding carboxylic acids is 1. The van der Waals surface area contributed by atoms with Crippen LogP contribution in [0.3, 0.4) is 0 Å². The lowest BCUT2D eigenvalue weighted by molar-refractivity contribution is -0.145. The molecular weight excluding hydrogens is 310 g/mol. The standard InChI is InChI=1S/C17H17N3O4/c1-11-3-5-13(6-4-11)17-18-15(24-20-17)7-8-16(21)22-10-14-9-12(2)23-19-14/h3-6,9H,7-8,10H2,1-2H3. The zero-order chi connectivity index (χ0) is 16.9. The molecule has 7 nitrogen and oxygen atoms in total. The molecule has 0 N–H and O–H groups in total. The van der Waals surface area contributed by atoms with Gasteiger partial charge in [0.05, 0.1) is 6.42 Å². The molecule has 24 heavy (non-hydrogen) atoms. The topological polar surface area (TPSA) is 91.2 Å². The molecule has 0 radical (unpaired) electrons. The molecule has 0 aliphatic heterocycles. The molecular formula is C17H17N3O4. The molecule has 0 saturated heterocycles. The van der Waals surface area contributed by atoms with Crippen LogP contribution in [0.1, 0.15) is 29.3 Å². The molecule has 1 aromatic carbocycles. The summed E-state index contributed by atoms with van der Waals surface area (Å²) >= 11 is 0. The fraction of sp³-hybridized carbons (Fsp3) is 0.294. The zero-order valence-electron chi connectivity index (χ0n) is 13.5. The number of benzene rings is 1. The molecule has 3 rings (SSSR count). The average Bonchev–Trinajstić information content (AvgIpc) is 3.21. The highest BCUT2D eigenvalue weighted by Crippen LogP contribution is 2.17. The zero-order valence-corrected chi connectivity index (χ0v) is 13.5. The largest absolute Gasteiger partial charge is 0.459 e. The van der Waals surface area contributed by atoms with Crippen molar-refractivity contribution in [2.45, 2.75) is 33.3 Å². The Kier molecular flexibility index (Phi) is 4.69. The normalized spacial score (nSPS) is 10.8. The minimum atomic E-state index is -0.356. The number of hydrogen-bond donors (Lipinski definition) is 0. The van der Waals surface area contributed by atoms with E-state index in [1.807, 2.05) is 31.2 Å². The Morgan fingerprint density at radius 2 is 1.92 bits per heavy atom. The smallest absolute Gasteiger partial charge is 0.306 e.